The van der Waals surface area contributed by atoms with Gasteiger partial charge in [0.15, 0.2) is 6.61 Å². The van der Waals surface area contributed by atoms with Gasteiger partial charge in [-0.05, 0) is 70.0 Å². The third-order valence-corrected chi connectivity index (χ3v) is 5.25. The van der Waals surface area contributed by atoms with Crippen molar-refractivity contribution in [3.63, 3.8) is 0 Å². The molecule has 0 saturated heterocycles. The maximum atomic E-state index is 13.1. The number of aryl methyl sites for hydroxylation is 2. The zero-order chi connectivity index (χ0) is 22.4. The molecule has 0 radical (unpaired) electrons. The van der Waals surface area contributed by atoms with Crippen LogP contribution in [0.5, 0.6) is 5.75 Å². The van der Waals surface area contributed by atoms with E-state index >= 15 is 0 Å². The average molecular weight is 451 g/mol. The molecule has 30 heavy (non-hydrogen) atoms. The summed E-state index contributed by atoms with van der Waals surface area (Å²) >= 11 is 12.6. The van der Waals surface area contributed by atoms with Crippen LogP contribution in [0.15, 0.2) is 36.4 Å². The summed E-state index contributed by atoms with van der Waals surface area (Å²) in [5.74, 6) is 0.0142. The van der Waals surface area contributed by atoms with Crippen LogP contribution in [0.25, 0.3) is 0 Å². The van der Waals surface area contributed by atoms with E-state index in [2.05, 4.69) is 5.32 Å². The zero-order valence-corrected chi connectivity index (χ0v) is 19.5. The maximum absolute atomic E-state index is 13.1. The van der Waals surface area contributed by atoms with Crippen LogP contribution in [0.3, 0.4) is 0 Å². The van der Waals surface area contributed by atoms with Gasteiger partial charge in [0.05, 0.1) is 0 Å². The number of carbonyl (C=O) groups excluding carboxylic acids is 2. The Hall–Kier alpha value is -2.24. The molecule has 2 amide bonds. The zero-order valence-electron chi connectivity index (χ0n) is 18.0. The van der Waals surface area contributed by atoms with Crippen LogP contribution in [0.4, 0.5) is 0 Å². The van der Waals surface area contributed by atoms with Crippen LogP contribution >= 0.6 is 23.2 Å². The molecule has 2 aromatic carbocycles. The average Bonchev–Trinajstić information content (AvgIpc) is 2.64. The molecule has 0 aromatic heterocycles. The van der Waals surface area contributed by atoms with Crippen molar-refractivity contribution in [2.24, 2.45) is 0 Å². The molecule has 0 heterocycles. The summed E-state index contributed by atoms with van der Waals surface area (Å²) in [5.41, 5.74) is 2.67. The number of benzene rings is 2. The fourth-order valence-corrected chi connectivity index (χ4v) is 3.60. The quantitative estimate of drug-likeness (QED) is 0.619. The van der Waals surface area contributed by atoms with Gasteiger partial charge in [-0.1, -0.05) is 35.3 Å². The molecule has 5 nitrogen and oxygen atoms in total. The number of halogens is 2. The fraction of sp³-hybridized carbons (Fsp3) is 0.391. The number of rotatable bonds is 8. The second-order valence-corrected chi connectivity index (χ2v) is 8.49. The second-order valence-electron chi connectivity index (χ2n) is 7.67. The Balaban J connectivity index is 2.24. The van der Waals surface area contributed by atoms with E-state index < -0.39 is 6.04 Å². The molecular formula is C23H28Cl2N2O3. The molecule has 0 fully saturated rings. The minimum absolute atomic E-state index is 0.0488. The van der Waals surface area contributed by atoms with Crippen LogP contribution in [-0.4, -0.2) is 35.4 Å². The molecule has 0 aliphatic carbocycles. The summed E-state index contributed by atoms with van der Waals surface area (Å²) in [6, 6.07) is 10.1. The highest BCUT2D eigenvalue weighted by molar-refractivity contribution is 6.36. The molecule has 2 rings (SSSR count). The second kappa shape index (κ2) is 10.7. The predicted molar refractivity (Wildman–Crippen MR) is 121 cm³/mol. The van der Waals surface area contributed by atoms with E-state index in [1.165, 1.54) is 4.90 Å². The summed E-state index contributed by atoms with van der Waals surface area (Å²) in [5, 5.41) is 3.72. The van der Waals surface area contributed by atoms with Gasteiger partial charge in [0, 0.05) is 28.2 Å². The molecule has 0 aliphatic heterocycles. The number of carbonyl (C=O) groups is 2. The van der Waals surface area contributed by atoms with Crippen molar-refractivity contribution < 1.29 is 14.3 Å². The molecule has 0 saturated carbocycles. The minimum atomic E-state index is -0.727. The van der Waals surface area contributed by atoms with E-state index in [-0.39, 0.29) is 31.0 Å². The lowest BCUT2D eigenvalue weighted by atomic mass is 10.1. The molecule has 1 N–H and O–H groups in total. The van der Waals surface area contributed by atoms with Crippen molar-refractivity contribution in [3.8, 4) is 5.75 Å². The first-order valence-electron chi connectivity index (χ1n) is 9.82. The summed E-state index contributed by atoms with van der Waals surface area (Å²) in [4.78, 5) is 27.1. The van der Waals surface area contributed by atoms with E-state index in [4.69, 9.17) is 27.9 Å². The summed E-state index contributed by atoms with van der Waals surface area (Å²) in [7, 11) is 0. The van der Waals surface area contributed by atoms with E-state index in [0.29, 0.717) is 21.4 Å². The molecule has 162 valence electrons. The minimum Gasteiger partial charge on any atom is -0.484 e. The van der Waals surface area contributed by atoms with Gasteiger partial charge in [-0.3, -0.25) is 9.59 Å². The molecule has 0 aliphatic rings. The van der Waals surface area contributed by atoms with Crippen LogP contribution in [-0.2, 0) is 16.1 Å². The topological polar surface area (TPSA) is 58.6 Å². The van der Waals surface area contributed by atoms with Gasteiger partial charge in [0.2, 0.25) is 5.91 Å². The van der Waals surface area contributed by atoms with Crippen LogP contribution in [0, 0.1) is 13.8 Å². The Bertz CT molecular complexity index is 875. The maximum Gasteiger partial charge on any atom is 0.261 e. The summed E-state index contributed by atoms with van der Waals surface area (Å²) in [6.45, 7) is 9.23. The van der Waals surface area contributed by atoms with E-state index in [1.807, 2.05) is 45.9 Å². The van der Waals surface area contributed by atoms with Gasteiger partial charge < -0.3 is 15.0 Å². The standard InChI is InChI=1S/C23H28Cl2N2O3/c1-14(2)26-23(29)17(5)27(12-19-20(24)7-6-8-21(19)25)22(28)13-30-18-10-15(3)9-16(4)11-18/h6-11,14,17H,12-13H2,1-5H3,(H,26,29)/t17-/m0/s1. The highest BCUT2D eigenvalue weighted by atomic mass is 35.5. The Kier molecular flexibility index (Phi) is 8.56. The SMILES string of the molecule is Cc1cc(C)cc(OCC(=O)N(Cc2c(Cl)cccc2Cl)[C@@H](C)C(=O)NC(C)C)c1. The number of ether oxygens (including phenoxy) is 1. The van der Waals surface area contributed by atoms with Crippen LogP contribution < -0.4 is 10.1 Å². The lowest BCUT2D eigenvalue weighted by Crippen LogP contribution is -2.50. The lowest BCUT2D eigenvalue weighted by Gasteiger charge is -2.30. The first-order chi connectivity index (χ1) is 14.1. The van der Waals surface area contributed by atoms with Crippen LogP contribution in [0.1, 0.15) is 37.5 Å². The monoisotopic (exact) mass is 450 g/mol. The van der Waals surface area contributed by atoms with Crippen molar-refractivity contribution in [1.29, 1.82) is 0 Å². The number of amides is 2. The first-order valence-corrected chi connectivity index (χ1v) is 10.6. The largest absolute Gasteiger partial charge is 0.484 e. The number of nitrogens with one attached hydrogen (secondary N) is 1. The Morgan fingerprint density at radius 2 is 1.60 bits per heavy atom. The molecular weight excluding hydrogens is 423 g/mol. The Morgan fingerprint density at radius 1 is 1.03 bits per heavy atom. The van der Waals surface area contributed by atoms with Gasteiger partial charge in [0.25, 0.3) is 5.91 Å². The van der Waals surface area contributed by atoms with Gasteiger partial charge >= 0.3 is 0 Å². The Morgan fingerprint density at radius 3 is 2.13 bits per heavy atom. The smallest absolute Gasteiger partial charge is 0.261 e. The van der Waals surface area contributed by atoms with Crippen molar-refractivity contribution in [2.75, 3.05) is 6.61 Å². The van der Waals surface area contributed by atoms with E-state index in [0.717, 1.165) is 11.1 Å². The van der Waals surface area contributed by atoms with Gasteiger partial charge in [-0.25, -0.2) is 0 Å². The molecule has 7 heteroatoms. The number of hydrogen-bond donors (Lipinski definition) is 1. The molecule has 0 bridgehead atoms. The van der Waals surface area contributed by atoms with Gasteiger partial charge in [-0.2, -0.15) is 0 Å². The van der Waals surface area contributed by atoms with Crippen molar-refractivity contribution in [2.45, 2.75) is 53.2 Å². The van der Waals surface area contributed by atoms with E-state index in [1.54, 1.807) is 25.1 Å². The van der Waals surface area contributed by atoms with Crippen molar-refractivity contribution in [1.82, 2.24) is 10.2 Å². The Labute approximate surface area is 188 Å². The first kappa shape index (κ1) is 24.0. The lowest BCUT2D eigenvalue weighted by molar-refractivity contribution is -0.142. The van der Waals surface area contributed by atoms with Crippen LogP contribution in [0.2, 0.25) is 10.0 Å². The van der Waals surface area contributed by atoms with Gasteiger partial charge in [0.1, 0.15) is 11.8 Å². The number of nitrogens with zero attached hydrogens (tertiary/aromatic N) is 1. The van der Waals surface area contributed by atoms with Crippen molar-refractivity contribution >= 4 is 35.0 Å². The highest BCUT2D eigenvalue weighted by Crippen LogP contribution is 2.26. The third kappa shape index (κ3) is 6.64. The third-order valence-electron chi connectivity index (χ3n) is 4.55. The normalized spacial score (nSPS) is 11.9. The fourth-order valence-electron chi connectivity index (χ4n) is 3.09. The summed E-state index contributed by atoms with van der Waals surface area (Å²) in [6.07, 6.45) is 0. The van der Waals surface area contributed by atoms with E-state index in [9.17, 15) is 9.59 Å². The van der Waals surface area contributed by atoms with Crippen molar-refractivity contribution in [3.05, 3.63) is 63.1 Å². The van der Waals surface area contributed by atoms with Gasteiger partial charge in [-0.15, -0.1) is 0 Å². The molecule has 0 spiro atoms. The summed E-state index contributed by atoms with van der Waals surface area (Å²) < 4.78 is 5.73. The highest BCUT2D eigenvalue weighted by Gasteiger charge is 2.28. The molecule has 0 unspecified atom stereocenters. The predicted octanol–water partition coefficient (Wildman–Crippen LogP) is 4.93. The molecule has 1 atom stereocenters. The number of hydrogen-bond acceptors (Lipinski definition) is 3. The molecule has 2 aromatic rings.